The van der Waals surface area contributed by atoms with E-state index in [-0.39, 0.29) is 6.10 Å². The summed E-state index contributed by atoms with van der Waals surface area (Å²) in [6, 6.07) is 65.4. The fraction of sp³-hybridized carbons (Fsp3) is 0.0588. The number of benzene rings is 8. The van der Waals surface area contributed by atoms with E-state index in [1.807, 2.05) is 6.07 Å². The number of furan rings is 1. The predicted molar refractivity (Wildman–Crippen MR) is 221 cm³/mol. The molecule has 9 aromatic rings. The third kappa shape index (κ3) is 5.12. The summed E-state index contributed by atoms with van der Waals surface area (Å²) in [6.45, 7) is 0. The van der Waals surface area contributed by atoms with E-state index in [9.17, 15) is 0 Å². The lowest BCUT2D eigenvalue weighted by atomic mass is 10.0. The van der Waals surface area contributed by atoms with E-state index in [0.29, 0.717) is 0 Å². The van der Waals surface area contributed by atoms with Gasteiger partial charge in [-0.25, -0.2) is 0 Å². The highest BCUT2D eigenvalue weighted by molar-refractivity contribution is 6.10. The molecule has 1 aromatic heterocycles. The first-order valence-corrected chi connectivity index (χ1v) is 18.7. The first-order valence-electron chi connectivity index (χ1n) is 18.7. The van der Waals surface area contributed by atoms with Gasteiger partial charge in [-0.15, -0.1) is 0 Å². The van der Waals surface area contributed by atoms with Crippen molar-refractivity contribution in [2.75, 3.05) is 4.90 Å². The Morgan fingerprint density at radius 1 is 0.444 bits per heavy atom. The summed E-state index contributed by atoms with van der Waals surface area (Å²) >= 11 is 0. The minimum Gasteiger partial charge on any atom is -0.484 e. The second-order valence-corrected chi connectivity index (χ2v) is 14.4. The zero-order chi connectivity index (χ0) is 35.6. The highest BCUT2D eigenvalue weighted by Gasteiger charge is 2.28. The highest BCUT2D eigenvalue weighted by atomic mass is 16.5. The smallest absolute Gasteiger partial charge is 0.139 e. The molecule has 0 bridgehead atoms. The highest BCUT2D eigenvalue weighted by Crippen LogP contribution is 2.47. The van der Waals surface area contributed by atoms with Gasteiger partial charge in [0.05, 0.1) is 5.39 Å². The number of ether oxygens (including phenoxy) is 1. The third-order valence-electron chi connectivity index (χ3n) is 11.2. The average Bonchev–Trinajstić information content (AvgIpc) is 3.95. The summed E-state index contributed by atoms with van der Waals surface area (Å²) in [4.78, 5) is 2.38. The summed E-state index contributed by atoms with van der Waals surface area (Å²) in [7, 11) is 0. The van der Waals surface area contributed by atoms with Crippen LogP contribution in [0.15, 0.2) is 186 Å². The number of nitrogens with zero attached hydrogens (tertiary/aromatic N) is 1. The summed E-state index contributed by atoms with van der Waals surface area (Å²) in [5.74, 6) is 0.948. The molecule has 1 aliphatic carbocycles. The molecular formula is C51H35NO2. The Morgan fingerprint density at radius 2 is 1.13 bits per heavy atom. The van der Waals surface area contributed by atoms with Gasteiger partial charge in [0, 0.05) is 28.9 Å². The summed E-state index contributed by atoms with van der Waals surface area (Å²) in [5.41, 5.74) is 17.6. The van der Waals surface area contributed by atoms with E-state index >= 15 is 0 Å². The van der Waals surface area contributed by atoms with E-state index in [4.69, 9.17) is 9.15 Å². The monoisotopic (exact) mass is 693 g/mol. The number of hydrogen-bond donors (Lipinski definition) is 0. The Morgan fingerprint density at radius 3 is 2.00 bits per heavy atom. The lowest BCUT2D eigenvalue weighted by molar-refractivity contribution is 0.241. The standard InChI is InChI=1S/C51H35NO2/c1-3-10-33(11-4-1)36-15-9-16-42(29-36)52(43-24-26-45-40(30-43)28-38-14-7-8-17-44(38)45)41-22-18-34(19-23-41)37-20-25-46-49(31-37)53-47-27-21-39-32-48(54-51(39)50(46)47)35-12-5-2-6-13-35/h1-27,29-31,48H,28,32H2. The fourth-order valence-electron chi connectivity index (χ4n) is 8.57. The SMILES string of the molecule is c1ccc(-c2cccc(N(c3ccc(-c4ccc5c(c4)oc4ccc6c(c45)OC(c4ccccc4)C6)cc3)c3ccc4c(c3)Cc3ccccc3-4)c2)cc1. The van der Waals surface area contributed by atoms with Crippen molar-refractivity contribution in [3.8, 4) is 39.1 Å². The molecule has 3 heteroatoms. The van der Waals surface area contributed by atoms with E-state index in [2.05, 4.69) is 181 Å². The minimum absolute atomic E-state index is 0.0167. The molecule has 1 unspecified atom stereocenters. The number of hydrogen-bond acceptors (Lipinski definition) is 3. The molecule has 0 fully saturated rings. The lowest BCUT2D eigenvalue weighted by Gasteiger charge is -2.27. The van der Waals surface area contributed by atoms with E-state index in [1.54, 1.807) is 0 Å². The van der Waals surface area contributed by atoms with Gasteiger partial charge in [-0.1, -0.05) is 127 Å². The van der Waals surface area contributed by atoms with Gasteiger partial charge >= 0.3 is 0 Å². The van der Waals surface area contributed by atoms with Gasteiger partial charge in [-0.2, -0.15) is 0 Å². The van der Waals surface area contributed by atoms with Gasteiger partial charge in [0.2, 0.25) is 0 Å². The van der Waals surface area contributed by atoms with Crippen LogP contribution >= 0.6 is 0 Å². The zero-order valence-corrected chi connectivity index (χ0v) is 29.6. The first kappa shape index (κ1) is 30.8. The van der Waals surface area contributed by atoms with Crippen molar-refractivity contribution in [2.24, 2.45) is 0 Å². The predicted octanol–water partition coefficient (Wildman–Crippen LogP) is 13.6. The molecule has 0 spiro atoms. The van der Waals surface area contributed by atoms with Crippen LogP contribution in [0.5, 0.6) is 5.75 Å². The molecule has 3 nitrogen and oxygen atoms in total. The van der Waals surface area contributed by atoms with Gasteiger partial charge in [-0.05, 0) is 117 Å². The largest absolute Gasteiger partial charge is 0.484 e. The molecule has 2 aliphatic rings. The van der Waals surface area contributed by atoms with Gasteiger partial charge in [0.25, 0.3) is 0 Å². The van der Waals surface area contributed by atoms with Gasteiger partial charge in [0.15, 0.2) is 0 Å². The Bertz CT molecular complexity index is 2850. The minimum atomic E-state index is 0.0167. The summed E-state index contributed by atoms with van der Waals surface area (Å²) in [6.07, 6.45) is 1.82. The molecule has 0 saturated heterocycles. The average molecular weight is 694 g/mol. The molecule has 11 rings (SSSR count). The van der Waals surface area contributed by atoms with Crippen LogP contribution in [0.25, 0.3) is 55.3 Å². The van der Waals surface area contributed by atoms with Crippen LogP contribution in [0.4, 0.5) is 17.1 Å². The number of anilines is 3. The maximum Gasteiger partial charge on any atom is 0.139 e. The molecule has 8 aromatic carbocycles. The van der Waals surface area contributed by atoms with Crippen LogP contribution in [0, 0.1) is 0 Å². The molecule has 0 radical (unpaired) electrons. The van der Waals surface area contributed by atoms with Crippen LogP contribution in [-0.2, 0) is 12.8 Å². The van der Waals surface area contributed by atoms with Crippen molar-refractivity contribution in [3.63, 3.8) is 0 Å². The maximum atomic E-state index is 6.60. The Kier molecular flexibility index (Phi) is 7.06. The Balaban J connectivity index is 0.958. The van der Waals surface area contributed by atoms with Crippen molar-refractivity contribution < 1.29 is 9.15 Å². The molecule has 0 saturated carbocycles. The second-order valence-electron chi connectivity index (χ2n) is 14.4. The molecule has 54 heavy (non-hydrogen) atoms. The molecule has 1 atom stereocenters. The topological polar surface area (TPSA) is 25.6 Å². The number of rotatable bonds is 6. The zero-order valence-electron chi connectivity index (χ0n) is 29.6. The fourth-order valence-corrected chi connectivity index (χ4v) is 8.57. The number of fused-ring (bicyclic) bond motifs is 8. The summed E-state index contributed by atoms with van der Waals surface area (Å²) in [5, 5.41) is 2.15. The third-order valence-corrected chi connectivity index (χ3v) is 11.2. The van der Waals surface area contributed by atoms with E-state index in [1.165, 1.54) is 44.5 Å². The van der Waals surface area contributed by atoms with Crippen molar-refractivity contribution in [3.05, 3.63) is 204 Å². The molecule has 256 valence electrons. The Labute approximate surface area is 314 Å². The van der Waals surface area contributed by atoms with Gasteiger partial charge in [-0.3, -0.25) is 0 Å². The van der Waals surface area contributed by atoms with Crippen LogP contribution in [0.1, 0.15) is 28.4 Å². The molecule has 2 heterocycles. The summed E-state index contributed by atoms with van der Waals surface area (Å²) < 4.78 is 13.1. The first-order chi connectivity index (χ1) is 26.7. The van der Waals surface area contributed by atoms with Crippen molar-refractivity contribution in [1.29, 1.82) is 0 Å². The molecular weight excluding hydrogens is 659 g/mol. The lowest BCUT2D eigenvalue weighted by Crippen LogP contribution is -2.10. The quantitative estimate of drug-likeness (QED) is 0.173. The Hall–Kier alpha value is -6.84. The molecule has 1 aliphatic heterocycles. The normalized spacial score (nSPS) is 14.1. The molecule has 0 N–H and O–H groups in total. The van der Waals surface area contributed by atoms with Crippen LogP contribution < -0.4 is 9.64 Å². The van der Waals surface area contributed by atoms with Gasteiger partial charge < -0.3 is 14.1 Å². The maximum absolute atomic E-state index is 6.60. The molecule has 0 amide bonds. The van der Waals surface area contributed by atoms with Crippen LogP contribution in [-0.4, -0.2) is 0 Å². The second kappa shape index (κ2) is 12.4. The van der Waals surface area contributed by atoms with E-state index in [0.717, 1.165) is 68.7 Å². The van der Waals surface area contributed by atoms with Crippen molar-refractivity contribution in [1.82, 2.24) is 0 Å². The van der Waals surface area contributed by atoms with Gasteiger partial charge in [0.1, 0.15) is 23.0 Å². The van der Waals surface area contributed by atoms with Crippen LogP contribution in [0.3, 0.4) is 0 Å². The van der Waals surface area contributed by atoms with Crippen molar-refractivity contribution in [2.45, 2.75) is 18.9 Å². The van der Waals surface area contributed by atoms with Crippen LogP contribution in [0.2, 0.25) is 0 Å². The van der Waals surface area contributed by atoms with E-state index < -0.39 is 0 Å². The van der Waals surface area contributed by atoms with Crippen molar-refractivity contribution >= 4 is 39.0 Å².